The van der Waals surface area contributed by atoms with Gasteiger partial charge >= 0.3 is 11.9 Å². The third-order valence-electron chi connectivity index (χ3n) is 4.07. The van der Waals surface area contributed by atoms with Crippen molar-refractivity contribution in [3.63, 3.8) is 0 Å². The van der Waals surface area contributed by atoms with Crippen LogP contribution < -0.4 is 0 Å². The molecule has 0 saturated carbocycles. The average molecular weight is 369 g/mol. The highest BCUT2D eigenvalue weighted by Gasteiger charge is 2.21. The molecule has 0 saturated heterocycles. The lowest BCUT2D eigenvalue weighted by atomic mass is 9.90. The maximum Gasteiger partial charge on any atom is 0.414 e. The number of hydrogen-bond donors (Lipinski definition) is 2. The van der Waals surface area contributed by atoms with Crippen LogP contribution in [0.2, 0.25) is 0 Å². The maximum absolute atomic E-state index is 9.10. The minimum absolute atomic E-state index is 0.359. The molecule has 1 aliphatic heterocycles. The molecule has 7 heteroatoms. The molecule has 0 radical (unpaired) electrons. The zero-order chi connectivity index (χ0) is 19.8. The minimum Gasteiger partial charge on any atom is -0.473 e. The van der Waals surface area contributed by atoms with Gasteiger partial charge < -0.3 is 15.1 Å². The van der Waals surface area contributed by atoms with Crippen LogP contribution in [0.3, 0.4) is 0 Å². The summed E-state index contributed by atoms with van der Waals surface area (Å²) in [4.78, 5) is 29.7. The van der Waals surface area contributed by atoms with Gasteiger partial charge in [-0.3, -0.25) is 9.98 Å². The van der Waals surface area contributed by atoms with Crippen molar-refractivity contribution in [1.29, 1.82) is 0 Å². The van der Waals surface area contributed by atoms with Gasteiger partial charge in [0.1, 0.15) is 0 Å². The molecule has 7 nitrogen and oxygen atoms in total. The molecule has 2 N–H and O–H groups in total. The van der Waals surface area contributed by atoms with Gasteiger partial charge in [0, 0.05) is 23.5 Å². The van der Waals surface area contributed by atoms with Gasteiger partial charge in [-0.1, -0.05) is 24.3 Å². The SMILES string of the molecule is CN(C)CCC1Cc2ccccc2C(c2cccnc2)=N1.O=C(O)C(=O)O. The molecule has 0 amide bonds. The number of benzene rings is 1. The van der Waals surface area contributed by atoms with Crippen LogP contribution in [0.1, 0.15) is 23.1 Å². The van der Waals surface area contributed by atoms with Crippen molar-refractivity contribution in [1.82, 2.24) is 9.88 Å². The first-order valence-corrected chi connectivity index (χ1v) is 8.56. The predicted octanol–water partition coefficient (Wildman–Crippen LogP) is 1.95. The molecule has 0 fully saturated rings. The second-order valence-corrected chi connectivity index (χ2v) is 6.44. The van der Waals surface area contributed by atoms with E-state index < -0.39 is 11.9 Å². The van der Waals surface area contributed by atoms with Crippen molar-refractivity contribution in [3.8, 4) is 0 Å². The Hall–Kier alpha value is -3.06. The van der Waals surface area contributed by atoms with Gasteiger partial charge in [0.15, 0.2) is 0 Å². The Labute approximate surface area is 158 Å². The smallest absolute Gasteiger partial charge is 0.414 e. The molecule has 2 aromatic rings. The summed E-state index contributed by atoms with van der Waals surface area (Å²) in [5.74, 6) is -3.65. The summed E-state index contributed by atoms with van der Waals surface area (Å²) in [6, 6.07) is 13.0. The van der Waals surface area contributed by atoms with Crippen LogP contribution in [0.15, 0.2) is 53.8 Å². The van der Waals surface area contributed by atoms with Gasteiger partial charge in [0.05, 0.1) is 11.8 Å². The van der Waals surface area contributed by atoms with Crippen LogP contribution in [-0.2, 0) is 16.0 Å². The number of aliphatic imine (C=N–C) groups is 1. The highest BCUT2D eigenvalue weighted by Crippen LogP contribution is 2.24. The Morgan fingerprint density at radius 1 is 1.11 bits per heavy atom. The Balaban J connectivity index is 0.000000380. The number of aliphatic carboxylic acids is 2. The molecule has 1 atom stereocenters. The molecule has 0 aliphatic carbocycles. The van der Waals surface area contributed by atoms with E-state index >= 15 is 0 Å². The van der Waals surface area contributed by atoms with Gasteiger partial charge in [-0.2, -0.15) is 0 Å². The summed E-state index contributed by atoms with van der Waals surface area (Å²) >= 11 is 0. The number of hydrogen-bond acceptors (Lipinski definition) is 5. The van der Waals surface area contributed by atoms with Crippen molar-refractivity contribution in [2.24, 2.45) is 4.99 Å². The summed E-state index contributed by atoms with van der Waals surface area (Å²) in [6.45, 7) is 1.07. The number of aromatic nitrogens is 1. The molecule has 1 unspecified atom stereocenters. The first-order valence-electron chi connectivity index (χ1n) is 8.56. The Morgan fingerprint density at radius 2 is 1.81 bits per heavy atom. The fourth-order valence-corrected chi connectivity index (χ4v) is 2.79. The summed E-state index contributed by atoms with van der Waals surface area (Å²) in [7, 11) is 4.23. The number of nitrogens with zero attached hydrogens (tertiary/aromatic N) is 3. The van der Waals surface area contributed by atoms with E-state index in [1.165, 1.54) is 11.1 Å². The quantitative estimate of drug-likeness (QED) is 0.799. The zero-order valence-electron chi connectivity index (χ0n) is 15.4. The van der Waals surface area contributed by atoms with Gasteiger partial charge in [-0.05, 0) is 51.2 Å². The lowest BCUT2D eigenvalue weighted by Gasteiger charge is -2.24. The van der Waals surface area contributed by atoms with Crippen LogP contribution in [0, 0.1) is 0 Å². The minimum atomic E-state index is -1.82. The first kappa shape index (κ1) is 20.3. The first-order chi connectivity index (χ1) is 12.9. The maximum atomic E-state index is 9.10. The van der Waals surface area contributed by atoms with Gasteiger partial charge in [-0.25, -0.2) is 9.59 Å². The molecule has 1 aromatic heterocycles. The third kappa shape index (κ3) is 6.00. The molecule has 0 spiro atoms. The highest BCUT2D eigenvalue weighted by molar-refractivity contribution is 6.27. The van der Waals surface area contributed by atoms with Crippen LogP contribution >= 0.6 is 0 Å². The van der Waals surface area contributed by atoms with Crippen LogP contribution in [-0.4, -0.2) is 64.4 Å². The molecule has 27 heavy (non-hydrogen) atoms. The van der Waals surface area contributed by atoms with Crippen LogP contribution in [0.4, 0.5) is 0 Å². The molecule has 1 aliphatic rings. The molecule has 2 heterocycles. The van der Waals surface area contributed by atoms with E-state index in [2.05, 4.69) is 54.3 Å². The van der Waals surface area contributed by atoms with Gasteiger partial charge in [0.2, 0.25) is 0 Å². The van der Waals surface area contributed by atoms with E-state index in [1.807, 2.05) is 18.5 Å². The van der Waals surface area contributed by atoms with E-state index in [1.54, 1.807) is 0 Å². The molecule has 142 valence electrons. The molecule has 3 rings (SSSR count). The van der Waals surface area contributed by atoms with Crippen LogP contribution in [0.25, 0.3) is 0 Å². The molecule has 0 bridgehead atoms. The van der Waals surface area contributed by atoms with Gasteiger partial charge in [0.25, 0.3) is 0 Å². The number of fused-ring (bicyclic) bond motifs is 1. The fourth-order valence-electron chi connectivity index (χ4n) is 2.79. The molecule has 1 aromatic carbocycles. The second kappa shape index (κ2) is 9.59. The lowest BCUT2D eigenvalue weighted by Crippen LogP contribution is -2.25. The summed E-state index contributed by atoms with van der Waals surface area (Å²) in [6.07, 6.45) is 5.84. The summed E-state index contributed by atoms with van der Waals surface area (Å²) < 4.78 is 0. The standard InChI is InChI=1S/C18H21N3.C2H2O4/c1-21(2)11-9-16-12-14-6-3-4-8-17(14)18(20-16)15-7-5-10-19-13-15;3-1(4)2(5)6/h3-8,10,13,16H,9,11-12H2,1-2H3;(H,3,4)(H,5,6). The topological polar surface area (TPSA) is 103 Å². The van der Waals surface area contributed by atoms with Crippen molar-refractivity contribution < 1.29 is 19.8 Å². The van der Waals surface area contributed by atoms with E-state index in [-0.39, 0.29) is 0 Å². The number of pyridine rings is 1. The number of rotatable bonds is 4. The monoisotopic (exact) mass is 369 g/mol. The van der Waals surface area contributed by atoms with E-state index in [0.29, 0.717) is 6.04 Å². The van der Waals surface area contributed by atoms with Gasteiger partial charge in [-0.15, -0.1) is 0 Å². The van der Waals surface area contributed by atoms with E-state index in [4.69, 9.17) is 24.8 Å². The van der Waals surface area contributed by atoms with Crippen molar-refractivity contribution in [2.75, 3.05) is 20.6 Å². The molecular weight excluding hydrogens is 346 g/mol. The highest BCUT2D eigenvalue weighted by atomic mass is 16.4. The third-order valence-corrected chi connectivity index (χ3v) is 4.07. The average Bonchev–Trinajstić information content (AvgIpc) is 2.66. The number of carboxylic acids is 2. The zero-order valence-corrected chi connectivity index (χ0v) is 15.4. The predicted molar refractivity (Wildman–Crippen MR) is 102 cm³/mol. The Kier molecular flexibility index (Phi) is 7.19. The van der Waals surface area contributed by atoms with Crippen molar-refractivity contribution in [2.45, 2.75) is 18.9 Å². The fraction of sp³-hybridized carbons (Fsp3) is 0.300. The molecular formula is C20H23N3O4. The number of carboxylic acid groups (broad SMARTS) is 2. The summed E-state index contributed by atoms with van der Waals surface area (Å²) in [5, 5.41) is 14.8. The Morgan fingerprint density at radius 3 is 2.41 bits per heavy atom. The van der Waals surface area contributed by atoms with Crippen molar-refractivity contribution >= 4 is 17.7 Å². The van der Waals surface area contributed by atoms with E-state index in [0.717, 1.165) is 30.7 Å². The summed E-state index contributed by atoms with van der Waals surface area (Å²) in [5.41, 5.74) is 4.86. The van der Waals surface area contributed by atoms with Crippen molar-refractivity contribution in [3.05, 3.63) is 65.5 Å². The largest absolute Gasteiger partial charge is 0.473 e. The normalized spacial score (nSPS) is 15.2. The number of carbonyl (C=O) groups is 2. The lowest BCUT2D eigenvalue weighted by molar-refractivity contribution is -0.159. The Bertz CT molecular complexity index is 807. The second-order valence-electron chi connectivity index (χ2n) is 6.44. The van der Waals surface area contributed by atoms with E-state index in [9.17, 15) is 0 Å². The van der Waals surface area contributed by atoms with Crippen LogP contribution in [0.5, 0.6) is 0 Å².